The summed E-state index contributed by atoms with van der Waals surface area (Å²) in [4.78, 5) is 11.9. The zero-order valence-corrected chi connectivity index (χ0v) is 19.1. The molecule has 30 heavy (non-hydrogen) atoms. The van der Waals surface area contributed by atoms with Crippen molar-refractivity contribution in [1.29, 1.82) is 0 Å². The quantitative estimate of drug-likeness (QED) is 0.374. The van der Waals surface area contributed by atoms with Crippen molar-refractivity contribution in [2.45, 2.75) is 50.5 Å². The molecule has 1 atom stereocenters. The molecule has 0 aliphatic heterocycles. The number of esters is 1. The van der Waals surface area contributed by atoms with Crippen molar-refractivity contribution in [3.8, 4) is 0 Å². The van der Waals surface area contributed by atoms with Crippen molar-refractivity contribution in [2.24, 2.45) is 0 Å². The van der Waals surface area contributed by atoms with Gasteiger partial charge in [0, 0.05) is 5.02 Å². The normalized spacial score (nSPS) is 13.1. The highest BCUT2D eigenvalue weighted by Crippen LogP contribution is 2.29. The average Bonchev–Trinajstić information content (AvgIpc) is 2.75. The van der Waals surface area contributed by atoms with E-state index >= 15 is 0 Å². The molecule has 0 saturated carbocycles. The second kappa shape index (κ2) is 11.3. The van der Waals surface area contributed by atoms with Gasteiger partial charge in [0.05, 0.1) is 23.6 Å². The van der Waals surface area contributed by atoms with Crippen LogP contribution in [0.25, 0.3) is 0 Å². The molecule has 2 rings (SSSR count). The third kappa shape index (κ3) is 6.42. The predicted octanol–water partition coefficient (Wildman–Crippen LogP) is 5.67. The zero-order valence-electron chi connectivity index (χ0n) is 17.5. The van der Waals surface area contributed by atoms with E-state index in [9.17, 15) is 13.2 Å². The van der Waals surface area contributed by atoms with E-state index in [1.165, 1.54) is 19.2 Å². The number of nitrogens with one attached hydrogen (secondary N) is 1. The minimum Gasteiger partial charge on any atom is -0.465 e. The fourth-order valence-corrected chi connectivity index (χ4v) is 4.46. The summed E-state index contributed by atoms with van der Waals surface area (Å²) < 4.78 is 33.7. The van der Waals surface area contributed by atoms with Gasteiger partial charge in [0.25, 0.3) is 0 Å². The van der Waals surface area contributed by atoms with Gasteiger partial charge in [-0.05, 0) is 54.8 Å². The van der Waals surface area contributed by atoms with Crippen molar-refractivity contribution in [3.05, 3.63) is 76.3 Å². The van der Waals surface area contributed by atoms with Crippen LogP contribution in [0.4, 0.5) is 0 Å². The van der Waals surface area contributed by atoms with Crippen LogP contribution in [0, 0.1) is 0 Å². The zero-order chi connectivity index (χ0) is 22.1. The molecule has 0 saturated heterocycles. The van der Waals surface area contributed by atoms with Gasteiger partial charge in [-0.3, -0.25) is 0 Å². The first-order chi connectivity index (χ1) is 14.3. The summed E-state index contributed by atoms with van der Waals surface area (Å²) in [6, 6.07) is 12.3. The van der Waals surface area contributed by atoms with Gasteiger partial charge < -0.3 is 4.74 Å². The molecule has 0 amide bonds. The Morgan fingerprint density at radius 2 is 1.70 bits per heavy atom. The number of methoxy groups -OCH3 is 1. The van der Waals surface area contributed by atoms with Gasteiger partial charge in [-0.25, -0.2) is 13.2 Å². The average molecular weight is 450 g/mol. The first kappa shape index (κ1) is 24.1. The standard InChI is InChI=1S/C23H28ClNO4S/c1-4-6-8-17(7-5-2)22(18-9-11-19(12-10-18)23(26)29-3)25-30(27,28)21-15-13-20(24)14-16-21/h8-16,22,25H,4-7H2,1-3H3/b17-8+. The third-order valence-corrected chi connectivity index (χ3v) is 6.36. The van der Waals surface area contributed by atoms with Crippen molar-refractivity contribution in [1.82, 2.24) is 4.72 Å². The molecule has 0 bridgehead atoms. The fourth-order valence-electron chi connectivity index (χ4n) is 3.11. The van der Waals surface area contributed by atoms with Crippen LogP contribution in [0.5, 0.6) is 0 Å². The molecule has 2 aromatic rings. The van der Waals surface area contributed by atoms with E-state index in [-0.39, 0.29) is 4.90 Å². The summed E-state index contributed by atoms with van der Waals surface area (Å²) in [5, 5.41) is 0.471. The Morgan fingerprint density at radius 1 is 1.07 bits per heavy atom. The number of carbonyl (C=O) groups is 1. The van der Waals surface area contributed by atoms with E-state index in [1.807, 2.05) is 0 Å². The lowest BCUT2D eigenvalue weighted by atomic mass is 9.94. The molecule has 0 heterocycles. The van der Waals surface area contributed by atoms with Crippen LogP contribution in [0.15, 0.2) is 65.1 Å². The maximum Gasteiger partial charge on any atom is 0.337 e. The van der Waals surface area contributed by atoms with Crippen molar-refractivity contribution in [3.63, 3.8) is 0 Å². The molecule has 7 heteroatoms. The van der Waals surface area contributed by atoms with Gasteiger partial charge in [-0.2, -0.15) is 4.72 Å². The van der Waals surface area contributed by atoms with Gasteiger partial charge in [-0.1, -0.05) is 62.1 Å². The first-order valence-corrected chi connectivity index (χ1v) is 11.8. The monoisotopic (exact) mass is 449 g/mol. The van der Waals surface area contributed by atoms with Crippen LogP contribution in [-0.4, -0.2) is 21.5 Å². The Balaban J connectivity index is 2.47. The van der Waals surface area contributed by atoms with Crippen molar-refractivity contribution < 1.29 is 17.9 Å². The largest absolute Gasteiger partial charge is 0.465 e. The molecule has 0 spiro atoms. The van der Waals surface area contributed by atoms with Gasteiger partial charge in [-0.15, -0.1) is 0 Å². The highest BCUT2D eigenvalue weighted by molar-refractivity contribution is 7.89. The molecule has 1 unspecified atom stereocenters. The number of allylic oxidation sites excluding steroid dienone is 1. The first-order valence-electron chi connectivity index (χ1n) is 9.97. The van der Waals surface area contributed by atoms with Gasteiger partial charge >= 0.3 is 5.97 Å². The van der Waals surface area contributed by atoms with Crippen molar-refractivity contribution >= 4 is 27.6 Å². The molecular formula is C23H28ClNO4S. The number of sulfonamides is 1. The molecule has 2 aromatic carbocycles. The predicted molar refractivity (Wildman–Crippen MR) is 120 cm³/mol. The maximum absolute atomic E-state index is 13.1. The molecule has 5 nitrogen and oxygen atoms in total. The summed E-state index contributed by atoms with van der Waals surface area (Å²) >= 11 is 5.90. The van der Waals surface area contributed by atoms with E-state index in [0.717, 1.165) is 36.8 Å². The lowest BCUT2D eigenvalue weighted by molar-refractivity contribution is 0.0600. The minimum atomic E-state index is -3.78. The molecule has 1 N–H and O–H groups in total. The summed E-state index contributed by atoms with van der Waals surface area (Å²) in [7, 11) is -2.46. The number of halogens is 1. The molecular weight excluding hydrogens is 422 g/mol. The van der Waals surface area contributed by atoms with Crippen LogP contribution in [0.3, 0.4) is 0 Å². The van der Waals surface area contributed by atoms with Gasteiger partial charge in [0.2, 0.25) is 10.0 Å². The Bertz CT molecular complexity index is 967. The van der Waals surface area contributed by atoms with Crippen LogP contribution < -0.4 is 4.72 Å². The Morgan fingerprint density at radius 3 is 2.23 bits per heavy atom. The number of rotatable bonds is 10. The van der Waals surface area contributed by atoms with Crippen LogP contribution in [-0.2, 0) is 14.8 Å². The highest BCUT2D eigenvalue weighted by atomic mass is 35.5. The van der Waals surface area contributed by atoms with E-state index in [0.29, 0.717) is 10.6 Å². The molecule has 0 fully saturated rings. The molecule has 162 valence electrons. The van der Waals surface area contributed by atoms with E-state index < -0.39 is 22.0 Å². The summed E-state index contributed by atoms with van der Waals surface area (Å²) in [5.41, 5.74) is 2.17. The summed E-state index contributed by atoms with van der Waals surface area (Å²) in [6.07, 6.45) is 5.56. The summed E-state index contributed by atoms with van der Waals surface area (Å²) in [6.45, 7) is 4.14. The van der Waals surface area contributed by atoms with E-state index in [2.05, 4.69) is 24.6 Å². The number of unbranched alkanes of at least 4 members (excludes halogenated alkanes) is 1. The molecule has 0 aliphatic carbocycles. The summed E-state index contributed by atoms with van der Waals surface area (Å²) in [5.74, 6) is -0.435. The van der Waals surface area contributed by atoms with Crippen LogP contribution >= 0.6 is 11.6 Å². The lowest BCUT2D eigenvalue weighted by Crippen LogP contribution is -2.30. The van der Waals surface area contributed by atoms with Crippen molar-refractivity contribution in [2.75, 3.05) is 7.11 Å². The fraction of sp³-hybridized carbons (Fsp3) is 0.348. The topological polar surface area (TPSA) is 72.5 Å². The number of benzene rings is 2. The third-order valence-electron chi connectivity index (χ3n) is 4.67. The molecule has 0 aromatic heterocycles. The number of ether oxygens (including phenoxy) is 1. The Hall–Kier alpha value is -2.15. The van der Waals surface area contributed by atoms with Gasteiger partial charge in [0.1, 0.15) is 0 Å². The smallest absolute Gasteiger partial charge is 0.337 e. The van der Waals surface area contributed by atoms with E-state index in [4.69, 9.17) is 16.3 Å². The van der Waals surface area contributed by atoms with Crippen LogP contribution in [0.1, 0.15) is 61.5 Å². The maximum atomic E-state index is 13.1. The SMILES string of the molecule is CCC/C=C(\CCC)C(NS(=O)(=O)c1ccc(Cl)cc1)c1ccc(C(=O)OC)cc1. The lowest BCUT2D eigenvalue weighted by Gasteiger charge is -2.23. The second-order valence-corrected chi connectivity index (χ2v) is 9.09. The van der Waals surface area contributed by atoms with E-state index in [1.54, 1.807) is 36.4 Å². The molecule has 0 radical (unpaired) electrons. The van der Waals surface area contributed by atoms with Gasteiger partial charge in [0.15, 0.2) is 0 Å². The highest BCUT2D eigenvalue weighted by Gasteiger charge is 2.24. The Labute approximate surface area is 184 Å². The number of hydrogen-bond acceptors (Lipinski definition) is 4. The van der Waals surface area contributed by atoms with Crippen LogP contribution in [0.2, 0.25) is 5.02 Å². The second-order valence-electron chi connectivity index (χ2n) is 6.94. The minimum absolute atomic E-state index is 0.148. The molecule has 0 aliphatic rings. The number of carbonyl (C=O) groups excluding carboxylic acids is 1. The Kier molecular flexibility index (Phi) is 9.08. The number of hydrogen-bond donors (Lipinski definition) is 1.